The van der Waals surface area contributed by atoms with E-state index in [1.54, 1.807) is 0 Å². The molecule has 0 fully saturated rings. The highest BCUT2D eigenvalue weighted by Gasteiger charge is 2.24. The number of allylic oxidation sites excluding steroid dienone is 2. The Kier molecular flexibility index (Phi) is 13.4. The van der Waals surface area contributed by atoms with Crippen molar-refractivity contribution in [2.24, 2.45) is 16.7 Å². The maximum atomic E-state index is 3.49. The van der Waals surface area contributed by atoms with Crippen LogP contribution in [0.25, 0.3) is 0 Å². The first-order chi connectivity index (χ1) is 8.71. The molecule has 1 N–H and O–H groups in total. The maximum absolute atomic E-state index is 3.49. The third-order valence-corrected chi connectivity index (χ3v) is 2.76. The Labute approximate surface area is 129 Å². The van der Waals surface area contributed by atoms with Gasteiger partial charge in [0, 0.05) is 17.7 Å². The van der Waals surface area contributed by atoms with Gasteiger partial charge in [-0.2, -0.15) is 0 Å². The first kappa shape index (κ1) is 24.3. The Hall–Kier alpha value is -0.720. The molecule has 0 bridgehead atoms. The smallest absolute Gasteiger partial charge is 0.0220 e. The number of rotatable bonds is 2. The average molecular weight is 284 g/mol. The lowest BCUT2D eigenvalue weighted by Gasteiger charge is -2.24. The molecule has 0 amide bonds. The van der Waals surface area contributed by atoms with E-state index in [4.69, 9.17) is 0 Å². The summed E-state index contributed by atoms with van der Waals surface area (Å²) in [5.41, 5.74) is 1.77. The summed E-state index contributed by atoms with van der Waals surface area (Å²) >= 11 is 0. The molecule has 1 heteroatoms. The van der Waals surface area contributed by atoms with Crippen LogP contribution in [0, 0.1) is 16.7 Å². The zero-order valence-corrected chi connectivity index (χ0v) is 15.0. The highest BCUT2D eigenvalue weighted by atomic mass is 14.9. The summed E-state index contributed by atoms with van der Waals surface area (Å²) in [6.07, 6.45) is 6.98. The molecule has 1 aliphatic heterocycles. The summed E-state index contributed by atoms with van der Waals surface area (Å²) < 4.78 is 0. The summed E-state index contributed by atoms with van der Waals surface area (Å²) in [6, 6.07) is 0. The van der Waals surface area contributed by atoms with E-state index in [-0.39, 0.29) is 18.3 Å². The molecule has 1 heterocycles. The van der Waals surface area contributed by atoms with Gasteiger partial charge in [0.05, 0.1) is 0 Å². The minimum atomic E-state index is 0. The Morgan fingerprint density at radius 2 is 1.45 bits per heavy atom. The predicted octanol–water partition coefficient (Wildman–Crippen LogP) is 6.43. The van der Waals surface area contributed by atoms with Gasteiger partial charge in [-0.1, -0.05) is 94.9 Å². The molecule has 0 aromatic heterocycles. The zero-order chi connectivity index (χ0) is 15.7. The lowest BCUT2D eigenvalue weighted by atomic mass is 9.85. The molecule has 122 valence electrons. The van der Waals surface area contributed by atoms with E-state index >= 15 is 0 Å². The second-order valence-corrected chi connectivity index (χ2v) is 6.36. The van der Waals surface area contributed by atoms with E-state index < -0.39 is 0 Å². The lowest BCUT2D eigenvalue weighted by molar-refractivity contribution is 0.502. The van der Waals surface area contributed by atoms with Crippen molar-refractivity contribution < 1.29 is 0 Å². The molecule has 20 heavy (non-hydrogen) atoms. The van der Waals surface area contributed by atoms with Crippen molar-refractivity contribution in [2.75, 3.05) is 6.54 Å². The van der Waals surface area contributed by atoms with Gasteiger partial charge in [0.2, 0.25) is 0 Å². The Morgan fingerprint density at radius 3 is 1.75 bits per heavy atom. The van der Waals surface area contributed by atoms with Crippen LogP contribution in [0.1, 0.15) is 76.7 Å². The van der Waals surface area contributed by atoms with Crippen LogP contribution in [0.5, 0.6) is 0 Å². The van der Waals surface area contributed by atoms with Gasteiger partial charge in [-0.05, 0) is 11.3 Å². The van der Waals surface area contributed by atoms with Crippen LogP contribution < -0.4 is 5.32 Å². The van der Waals surface area contributed by atoms with Crippen molar-refractivity contribution in [1.82, 2.24) is 5.32 Å². The van der Waals surface area contributed by atoms with Crippen LogP contribution in [0.3, 0.4) is 0 Å². The molecule has 1 rings (SSSR count). The second kappa shape index (κ2) is 11.0. The van der Waals surface area contributed by atoms with Gasteiger partial charge in [0.1, 0.15) is 0 Å². The summed E-state index contributed by atoms with van der Waals surface area (Å²) in [5.74, 6) is 0.669. The Morgan fingerprint density at radius 1 is 1.00 bits per heavy atom. The van der Waals surface area contributed by atoms with Gasteiger partial charge in [-0.3, -0.25) is 0 Å². The van der Waals surface area contributed by atoms with Gasteiger partial charge in [-0.25, -0.2) is 0 Å². The van der Waals surface area contributed by atoms with Crippen LogP contribution in [0.15, 0.2) is 23.9 Å². The van der Waals surface area contributed by atoms with Crippen molar-refractivity contribution >= 4 is 0 Å². The van der Waals surface area contributed by atoms with E-state index in [2.05, 4.69) is 65.1 Å². The number of nitrogens with one attached hydrogen (secondary N) is 1. The van der Waals surface area contributed by atoms with E-state index in [1.807, 2.05) is 27.7 Å². The normalized spacial score (nSPS) is 17.9. The number of hydrogen-bond acceptors (Lipinski definition) is 1. The molecule has 0 aromatic carbocycles. The van der Waals surface area contributed by atoms with Gasteiger partial charge < -0.3 is 5.32 Å². The van der Waals surface area contributed by atoms with E-state index in [0.717, 1.165) is 6.54 Å². The van der Waals surface area contributed by atoms with Crippen molar-refractivity contribution in [2.45, 2.75) is 76.7 Å². The quantitative estimate of drug-likeness (QED) is 0.576. The molecule has 0 aliphatic carbocycles. The van der Waals surface area contributed by atoms with E-state index in [0.29, 0.717) is 5.92 Å². The zero-order valence-electron chi connectivity index (χ0n) is 15.0. The average Bonchev–Trinajstić information content (AvgIpc) is 2.79. The summed E-state index contributed by atoms with van der Waals surface area (Å²) in [7, 11) is 0. The molecule has 0 aromatic rings. The van der Waals surface area contributed by atoms with Crippen molar-refractivity contribution in [3.05, 3.63) is 23.9 Å². The topological polar surface area (TPSA) is 12.0 Å². The molecule has 1 unspecified atom stereocenters. The summed E-state index contributed by atoms with van der Waals surface area (Å²) in [4.78, 5) is 0. The standard InChI is InChI=1S/C14H25N.2C2H6.CH4/c1-11-9-12(15-10-11)14(5,6)8-7-13(2,3)4;2*1-2;/h7-9,11,15H,10H2,1-6H3;2*1-2H3;1H4/b8-7+;;;. The van der Waals surface area contributed by atoms with Crippen LogP contribution in [0.4, 0.5) is 0 Å². The Bertz CT molecular complexity index is 277. The molecule has 0 spiro atoms. The van der Waals surface area contributed by atoms with Crippen LogP contribution in [-0.2, 0) is 0 Å². The lowest BCUT2D eigenvalue weighted by Crippen LogP contribution is -2.22. The minimum absolute atomic E-state index is 0. The van der Waals surface area contributed by atoms with E-state index in [1.165, 1.54) is 5.70 Å². The first-order valence-electron chi connectivity index (χ1n) is 7.87. The molecule has 1 nitrogen and oxygen atoms in total. The van der Waals surface area contributed by atoms with Crippen LogP contribution in [-0.4, -0.2) is 6.54 Å². The fourth-order valence-electron chi connectivity index (χ4n) is 1.66. The van der Waals surface area contributed by atoms with Gasteiger partial charge in [0.25, 0.3) is 0 Å². The van der Waals surface area contributed by atoms with Crippen molar-refractivity contribution in [3.8, 4) is 0 Å². The molecule has 1 atom stereocenters. The maximum Gasteiger partial charge on any atom is 0.0220 e. The first-order valence-corrected chi connectivity index (χ1v) is 7.87. The van der Waals surface area contributed by atoms with Gasteiger partial charge in [0.15, 0.2) is 0 Å². The molecular weight excluding hydrogens is 242 g/mol. The summed E-state index contributed by atoms with van der Waals surface area (Å²) in [5, 5.41) is 3.49. The SMILES string of the molecule is C.CC.CC.CC1C=C(C(C)(C)/C=C/C(C)(C)C)NC1. The molecule has 0 radical (unpaired) electrons. The second-order valence-electron chi connectivity index (χ2n) is 6.36. The number of hydrogen-bond donors (Lipinski definition) is 1. The third kappa shape index (κ3) is 10.1. The van der Waals surface area contributed by atoms with Crippen molar-refractivity contribution in [3.63, 3.8) is 0 Å². The van der Waals surface area contributed by atoms with Crippen molar-refractivity contribution in [1.29, 1.82) is 0 Å². The molecule has 1 aliphatic rings. The van der Waals surface area contributed by atoms with Crippen LogP contribution >= 0.6 is 0 Å². The predicted molar refractivity (Wildman–Crippen MR) is 97.1 cm³/mol. The highest BCUT2D eigenvalue weighted by Crippen LogP contribution is 2.31. The molecule has 0 saturated carbocycles. The third-order valence-electron chi connectivity index (χ3n) is 2.76. The fourth-order valence-corrected chi connectivity index (χ4v) is 1.66. The largest absolute Gasteiger partial charge is 0.387 e. The highest BCUT2D eigenvalue weighted by molar-refractivity contribution is 5.23. The minimum Gasteiger partial charge on any atom is -0.387 e. The van der Waals surface area contributed by atoms with Gasteiger partial charge >= 0.3 is 0 Å². The molecule has 0 saturated heterocycles. The van der Waals surface area contributed by atoms with E-state index in [9.17, 15) is 0 Å². The monoisotopic (exact) mass is 283 g/mol. The van der Waals surface area contributed by atoms with Crippen LogP contribution in [0.2, 0.25) is 0 Å². The molecular formula is C19H41N. The fraction of sp³-hybridized carbons (Fsp3) is 0.789. The van der Waals surface area contributed by atoms with Gasteiger partial charge in [-0.15, -0.1) is 0 Å². The Balaban J connectivity index is -0.000000529. The summed E-state index contributed by atoms with van der Waals surface area (Å²) in [6.45, 7) is 22.6.